The highest BCUT2D eigenvalue weighted by atomic mass is 16.6. The molecule has 0 bridgehead atoms. The fourth-order valence-corrected chi connectivity index (χ4v) is 2.35. The highest BCUT2D eigenvalue weighted by Crippen LogP contribution is 2.21. The van der Waals surface area contributed by atoms with Crippen molar-refractivity contribution >= 4 is 6.09 Å². The second-order valence-corrected chi connectivity index (χ2v) is 6.35. The highest BCUT2D eigenvalue weighted by Gasteiger charge is 2.32. The number of ether oxygens (including phenoxy) is 1. The summed E-state index contributed by atoms with van der Waals surface area (Å²) in [6.07, 6.45) is -0.229. The molecule has 20 heavy (non-hydrogen) atoms. The second-order valence-electron chi connectivity index (χ2n) is 6.35. The van der Waals surface area contributed by atoms with Gasteiger partial charge in [-0.2, -0.15) is 0 Å². The Hall–Kier alpha value is -1.55. The van der Waals surface area contributed by atoms with E-state index in [9.17, 15) is 4.79 Å². The summed E-state index contributed by atoms with van der Waals surface area (Å²) in [6.45, 7) is 9.14. The standard InChI is InChI=1S/C16H24N2O2/c1-12-10-17-14(13-8-6-5-7-9-13)11-18(12)15(19)20-16(2,3)4/h5-9,12,14,17H,10-11H2,1-4H3/t12-,14+/m0/s1. The Morgan fingerprint density at radius 1 is 1.30 bits per heavy atom. The molecular formula is C16H24N2O2. The van der Waals surface area contributed by atoms with Gasteiger partial charge >= 0.3 is 6.09 Å². The molecule has 1 N–H and O–H groups in total. The lowest BCUT2D eigenvalue weighted by atomic mass is 10.0. The minimum absolute atomic E-state index is 0.143. The molecule has 1 aromatic carbocycles. The van der Waals surface area contributed by atoms with Crippen LogP contribution >= 0.6 is 0 Å². The van der Waals surface area contributed by atoms with Crippen LogP contribution < -0.4 is 5.32 Å². The van der Waals surface area contributed by atoms with E-state index in [1.165, 1.54) is 5.56 Å². The van der Waals surface area contributed by atoms with Crippen molar-refractivity contribution in [3.05, 3.63) is 35.9 Å². The molecule has 4 heteroatoms. The molecule has 1 aromatic rings. The Morgan fingerprint density at radius 3 is 2.55 bits per heavy atom. The number of rotatable bonds is 1. The van der Waals surface area contributed by atoms with Gasteiger partial charge in [-0.15, -0.1) is 0 Å². The van der Waals surface area contributed by atoms with Crippen molar-refractivity contribution in [3.63, 3.8) is 0 Å². The first-order chi connectivity index (χ1) is 9.37. The van der Waals surface area contributed by atoms with Gasteiger partial charge in [0, 0.05) is 19.1 Å². The molecule has 1 amide bonds. The molecule has 110 valence electrons. The first-order valence-corrected chi connectivity index (χ1v) is 7.15. The second kappa shape index (κ2) is 5.83. The topological polar surface area (TPSA) is 41.6 Å². The van der Waals surface area contributed by atoms with E-state index in [4.69, 9.17) is 4.74 Å². The lowest BCUT2D eigenvalue weighted by Gasteiger charge is -2.39. The van der Waals surface area contributed by atoms with Crippen LogP contribution in [0.2, 0.25) is 0 Å². The fraction of sp³-hybridized carbons (Fsp3) is 0.562. The Kier molecular flexibility index (Phi) is 4.33. The number of amides is 1. The normalized spacial score (nSPS) is 23.5. The van der Waals surface area contributed by atoms with Crippen molar-refractivity contribution in [1.29, 1.82) is 0 Å². The molecule has 0 saturated carbocycles. The van der Waals surface area contributed by atoms with Crippen molar-refractivity contribution in [2.75, 3.05) is 13.1 Å². The van der Waals surface area contributed by atoms with E-state index < -0.39 is 5.60 Å². The lowest BCUT2D eigenvalue weighted by Crippen LogP contribution is -2.54. The number of nitrogens with zero attached hydrogens (tertiary/aromatic N) is 1. The van der Waals surface area contributed by atoms with E-state index >= 15 is 0 Å². The predicted octanol–water partition coefficient (Wildman–Crippen LogP) is 2.96. The zero-order valence-corrected chi connectivity index (χ0v) is 12.7. The molecule has 1 fully saturated rings. The van der Waals surface area contributed by atoms with Crippen molar-refractivity contribution in [1.82, 2.24) is 10.2 Å². The van der Waals surface area contributed by atoms with Crippen LogP contribution in [-0.4, -0.2) is 35.7 Å². The maximum absolute atomic E-state index is 12.3. The SMILES string of the molecule is C[C@H]1CN[C@@H](c2ccccc2)CN1C(=O)OC(C)(C)C. The minimum Gasteiger partial charge on any atom is -0.444 e. The zero-order chi connectivity index (χ0) is 14.8. The van der Waals surface area contributed by atoms with Crippen LogP contribution in [0.25, 0.3) is 0 Å². The van der Waals surface area contributed by atoms with E-state index in [-0.39, 0.29) is 18.2 Å². The summed E-state index contributed by atoms with van der Waals surface area (Å²) in [4.78, 5) is 14.1. The minimum atomic E-state index is -0.454. The summed E-state index contributed by atoms with van der Waals surface area (Å²) in [7, 11) is 0. The molecule has 1 heterocycles. The Balaban J connectivity index is 2.07. The van der Waals surface area contributed by atoms with Gasteiger partial charge < -0.3 is 15.0 Å². The Bertz CT molecular complexity index is 453. The highest BCUT2D eigenvalue weighted by molar-refractivity contribution is 5.68. The smallest absolute Gasteiger partial charge is 0.410 e. The summed E-state index contributed by atoms with van der Waals surface area (Å²) in [6, 6.07) is 10.5. The molecule has 4 nitrogen and oxygen atoms in total. The summed E-state index contributed by atoms with van der Waals surface area (Å²) in [5.74, 6) is 0. The van der Waals surface area contributed by atoms with Crippen LogP contribution in [0, 0.1) is 0 Å². The van der Waals surface area contributed by atoms with E-state index in [0.717, 1.165) is 6.54 Å². The number of carbonyl (C=O) groups excluding carboxylic acids is 1. The number of benzene rings is 1. The third-order valence-corrected chi connectivity index (χ3v) is 3.40. The molecule has 2 rings (SSSR count). The molecular weight excluding hydrogens is 252 g/mol. The van der Waals surface area contributed by atoms with Crippen molar-refractivity contribution in [3.8, 4) is 0 Å². The third kappa shape index (κ3) is 3.73. The van der Waals surface area contributed by atoms with E-state index in [2.05, 4.69) is 17.4 Å². The Morgan fingerprint density at radius 2 is 1.95 bits per heavy atom. The van der Waals surface area contributed by atoms with Gasteiger partial charge in [0.15, 0.2) is 0 Å². The third-order valence-electron chi connectivity index (χ3n) is 3.40. The lowest BCUT2D eigenvalue weighted by molar-refractivity contribution is 0.00958. The molecule has 1 aliphatic heterocycles. The molecule has 0 radical (unpaired) electrons. The average molecular weight is 276 g/mol. The van der Waals surface area contributed by atoms with Gasteiger partial charge in [0.2, 0.25) is 0 Å². The van der Waals surface area contributed by atoms with Crippen molar-refractivity contribution in [2.24, 2.45) is 0 Å². The predicted molar refractivity (Wildman–Crippen MR) is 79.6 cm³/mol. The first-order valence-electron chi connectivity index (χ1n) is 7.15. The van der Waals surface area contributed by atoms with Crippen LogP contribution in [0.3, 0.4) is 0 Å². The first kappa shape index (κ1) is 14.9. The van der Waals surface area contributed by atoms with Gasteiger partial charge in [0.1, 0.15) is 5.60 Å². The molecule has 0 unspecified atom stereocenters. The van der Waals surface area contributed by atoms with Crippen LogP contribution in [0.1, 0.15) is 39.3 Å². The number of hydrogen-bond acceptors (Lipinski definition) is 3. The molecule has 1 saturated heterocycles. The molecule has 0 aromatic heterocycles. The van der Waals surface area contributed by atoms with Gasteiger partial charge in [0.05, 0.1) is 6.04 Å². The fourth-order valence-electron chi connectivity index (χ4n) is 2.35. The van der Waals surface area contributed by atoms with Crippen LogP contribution in [-0.2, 0) is 4.74 Å². The largest absolute Gasteiger partial charge is 0.444 e. The number of nitrogens with one attached hydrogen (secondary N) is 1. The van der Waals surface area contributed by atoms with Crippen LogP contribution in [0.15, 0.2) is 30.3 Å². The van der Waals surface area contributed by atoms with Crippen molar-refractivity contribution in [2.45, 2.75) is 45.4 Å². The van der Waals surface area contributed by atoms with Crippen LogP contribution in [0.5, 0.6) is 0 Å². The zero-order valence-electron chi connectivity index (χ0n) is 12.7. The van der Waals surface area contributed by atoms with Crippen molar-refractivity contribution < 1.29 is 9.53 Å². The molecule has 2 atom stereocenters. The maximum Gasteiger partial charge on any atom is 0.410 e. The maximum atomic E-state index is 12.3. The van der Waals surface area contributed by atoms with Gasteiger partial charge in [-0.3, -0.25) is 0 Å². The van der Waals surface area contributed by atoms with E-state index in [1.54, 1.807) is 0 Å². The summed E-state index contributed by atoms with van der Waals surface area (Å²) in [5, 5.41) is 3.48. The Labute approximate surface area is 121 Å². The molecule has 0 aliphatic carbocycles. The van der Waals surface area contributed by atoms with Gasteiger partial charge in [0.25, 0.3) is 0 Å². The van der Waals surface area contributed by atoms with E-state index in [1.807, 2.05) is 50.8 Å². The number of hydrogen-bond donors (Lipinski definition) is 1. The van der Waals surface area contributed by atoms with Crippen LogP contribution in [0.4, 0.5) is 4.79 Å². The number of carbonyl (C=O) groups is 1. The molecule has 1 aliphatic rings. The summed E-state index contributed by atoms with van der Waals surface area (Å²) in [5.41, 5.74) is 0.747. The summed E-state index contributed by atoms with van der Waals surface area (Å²) < 4.78 is 5.49. The monoisotopic (exact) mass is 276 g/mol. The van der Waals surface area contributed by atoms with Gasteiger partial charge in [-0.1, -0.05) is 30.3 Å². The average Bonchev–Trinajstić information content (AvgIpc) is 2.38. The van der Waals surface area contributed by atoms with Gasteiger partial charge in [-0.05, 0) is 33.3 Å². The summed E-state index contributed by atoms with van der Waals surface area (Å²) >= 11 is 0. The van der Waals surface area contributed by atoms with Gasteiger partial charge in [-0.25, -0.2) is 4.79 Å². The number of piperazine rings is 1. The quantitative estimate of drug-likeness (QED) is 0.857. The van der Waals surface area contributed by atoms with E-state index in [0.29, 0.717) is 6.54 Å². The molecule has 0 spiro atoms.